The standard InChI is InChI=1S/C19H26N2O2/c1-12(2)21-15-4-6-16(7-5-15)23-18-11-14-8-9-20-19(22)17(14)10-13(18)3/h8-12,15-16,21H,4-7H2,1-3H3,(H,20,22). The van der Waals surface area contributed by atoms with Crippen molar-refractivity contribution < 1.29 is 4.74 Å². The molecule has 1 aromatic carbocycles. The average Bonchev–Trinajstić information content (AvgIpc) is 2.50. The minimum Gasteiger partial charge on any atom is -0.490 e. The van der Waals surface area contributed by atoms with Crippen LogP contribution in [0.2, 0.25) is 0 Å². The van der Waals surface area contributed by atoms with Gasteiger partial charge in [-0.15, -0.1) is 0 Å². The fraction of sp³-hybridized carbons (Fsp3) is 0.526. The molecule has 1 aliphatic rings. The van der Waals surface area contributed by atoms with Crippen molar-refractivity contribution in [2.45, 2.75) is 64.6 Å². The lowest BCUT2D eigenvalue weighted by atomic mass is 9.92. The van der Waals surface area contributed by atoms with Crippen molar-refractivity contribution in [2.24, 2.45) is 0 Å². The Bertz CT molecular complexity index is 728. The molecule has 0 radical (unpaired) electrons. The molecule has 0 saturated heterocycles. The van der Waals surface area contributed by atoms with E-state index < -0.39 is 0 Å². The molecule has 124 valence electrons. The van der Waals surface area contributed by atoms with Crippen molar-refractivity contribution in [3.05, 3.63) is 40.3 Å². The molecular weight excluding hydrogens is 288 g/mol. The Morgan fingerprint density at radius 3 is 2.65 bits per heavy atom. The number of rotatable bonds is 4. The van der Waals surface area contributed by atoms with Crippen molar-refractivity contribution in [3.8, 4) is 5.75 Å². The highest BCUT2D eigenvalue weighted by atomic mass is 16.5. The molecule has 2 aromatic rings. The van der Waals surface area contributed by atoms with Crippen LogP contribution in [0.15, 0.2) is 29.2 Å². The van der Waals surface area contributed by atoms with E-state index in [9.17, 15) is 4.79 Å². The van der Waals surface area contributed by atoms with Crippen LogP contribution >= 0.6 is 0 Å². The van der Waals surface area contributed by atoms with Crippen LogP contribution in [0.5, 0.6) is 5.75 Å². The van der Waals surface area contributed by atoms with Gasteiger partial charge in [-0.05, 0) is 61.8 Å². The lowest BCUT2D eigenvalue weighted by Gasteiger charge is -2.31. The van der Waals surface area contributed by atoms with Crippen LogP contribution in [0.3, 0.4) is 0 Å². The number of nitrogens with one attached hydrogen (secondary N) is 2. The van der Waals surface area contributed by atoms with E-state index in [0.717, 1.165) is 47.8 Å². The van der Waals surface area contributed by atoms with Crippen molar-refractivity contribution in [2.75, 3.05) is 0 Å². The van der Waals surface area contributed by atoms with Crippen molar-refractivity contribution in [1.29, 1.82) is 0 Å². The third kappa shape index (κ3) is 3.75. The van der Waals surface area contributed by atoms with Gasteiger partial charge in [-0.3, -0.25) is 4.79 Å². The molecule has 23 heavy (non-hydrogen) atoms. The molecule has 2 N–H and O–H groups in total. The first-order chi connectivity index (χ1) is 11.0. The molecular formula is C19H26N2O2. The molecule has 1 aromatic heterocycles. The second kappa shape index (κ2) is 6.75. The van der Waals surface area contributed by atoms with Crippen molar-refractivity contribution in [3.63, 3.8) is 0 Å². The van der Waals surface area contributed by atoms with Crippen LogP contribution in [0.4, 0.5) is 0 Å². The quantitative estimate of drug-likeness (QED) is 0.908. The maximum absolute atomic E-state index is 11.9. The number of benzene rings is 1. The molecule has 1 heterocycles. The number of aryl methyl sites for hydroxylation is 1. The fourth-order valence-electron chi connectivity index (χ4n) is 3.45. The van der Waals surface area contributed by atoms with Crippen LogP contribution in [0.25, 0.3) is 10.8 Å². The first-order valence-corrected chi connectivity index (χ1v) is 8.57. The Labute approximate surface area is 137 Å². The molecule has 1 aliphatic carbocycles. The van der Waals surface area contributed by atoms with Gasteiger partial charge in [0, 0.05) is 23.7 Å². The molecule has 3 rings (SSSR count). The second-order valence-electron chi connectivity index (χ2n) is 6.92. The van der Waals surface area contributed by atoms with Gasteiger partial charge in [0.1, 0.15) is 5.75 Å². The van der Waals surface area contributed by atoms with E-state index in [1.54, 1.807) is 6.20 Å². The van der Waals surface area contributed by atoms with Gasteiger partial charge >= 0.3 is 0 Å². The maximum Gasteiger partial charge on any atom is 0.255 e. The molecule has 1 saturated carbocycles. The SMILES string of the molecule is Cc1cc2c(=O)[nH]ccc2cc1OC1CCC(NC(C)C)CC1. The number of aromatic nitrogens is 1. The van der Waals surface area contributed by atoms with Gasteiger partial charge in [-0.25, -0.2) is 0 Å². The third-order valence-electron chi connectivity index (χ3n) is 4.61. The van der Waals surface area contributed by atoms with E-state index in [1.165, 1.54) is 0 Å². The van der Waals surface area contributed by atoms with E-state index in [2.05, 4.69) is 24.1 Å². The Hall–Kier alpha value is -1.81. The van der Waals surface area contributed by atoms with Gasteiger partial charge in [0.2, 0.25) is 0 Å². The Morgan fingerprint density at radius 2 is 1.96 bits per heavy atom. The molecule has 0 aliphatic heterocycles. The highest BCUT2D eigenvalue weighted by Crippen LogP contribution is 2.28. The lowest BCUT2D eigenvalue weighted by molar-refractivity contribution is 0.137. The molecule has 0 unspecified atom stereocenters. The smallest absolute Gasteiger partial charge is 0.255 e. The minimum atomic E-state index is -0.0441. The van der Waals surface area contributed by atoms with Gasteiger partial charge in [-0.2, -0.15) is 0 Å². The monoisotopic (exact) mass is 314 g/mol. The summed E-state index contributed by atoms with van der Waals surface area (Å²) in [4.78, 5) is 14.6. The molecule has 0 bridgehead atoms. The summed E-state index contributed by atoms with van der Waals surface area (Å²) in [5.74, 6) is 0.906. The van der Waals surface area contributed by atoms with E-state index in [-0.39, 0.29) is 11.7 Å². The summed E-state index contributed by atoms with van der Waals surface area (Å²) >= 11 is 0. The molecule has 1 fully saturated rings. The molecule has 0 amide bonds. The zero-order valence-corrected chi connectivity index (χ0v) is 14.2. The summed E-state index contributed by atoms with van der Waals surface area (Å²) in [7, 11) is 0. The lowest BCUT2D eigenvalue weighted by Crippen LogP contribution is -2.39. The maximum atomic E-state index is 11.9. The third-order valence-corrected chi connectivity index (χ3v) is 4.61. The van der Waals surface area contributed by atoms with Crippen molar-refractivity contribution in [1.82, 2.24) is 10.3 Å². The summed E-state index contributed by atoms with van der Waals surface area (Å²) in [5, 5.41) is 5.27. The molecule has 0 spiro atoms. The average molecular weight is 314 g/mol. The van der Waals surface area contributed by atoms with E-state index in [1.807, 2.05) is 25.1 Å². The Morgan fingerprint density at radius 1 is 1.22 bits per heavy atom. The molecule has 4 heteroatoms. The topological polar surface area (TPSA) is 54.1 Å². The zero-order chi connectivity index (χ0) is 16.4. The number of fused-ring (bicyclic) bond motifs is 1. The Kier molecular flexibility index (Phi) is 4.71. The first-order valence-electron chi connectivity index (χ1n) is 8.57. The first kappa shape index (κ1) is 16.1. The summed E-state index contributed by atoms with van der Waals surface area (Å²) in [6, 6.07) is 7.00. The van der Waals surface area contributed by atoms with Crippen LogP contribution in [-0.2, 0) is 0 Å². The van der Waals surface area contributed by atoms with Gasteiger partial charge in [0.15, 0.2) is 0 Å². The largest absolute Gasteiger partial charge is 0.490 e. The number of aromatic amines is 1. The van der Waals surface area contributed by atoms with Gasteiger partial charge in [0.05, 0.1) is 6.10 Å². The van der Waals surface area contributed by atoms with Crippen LogP contribution in [0.1, 0.15) is 45.1 Å². The van der Waals surface area contributed by atoms with Crippen LogP contribution in [0, 0.1) is 6.92 Å². The van der Waals surface area contributed by atoms with Crippen LogP contribution < -0.4 is 15.6 Å². The highest BCUT2D eigenvalue weighted by molar-refractivity contribution is 5.83. The Balaban J connectivity index is 1.70. The van der Waals surface area contributed by atoms with E-state index in [0.29, 0.717) is 12.1 Å². The van der Waals surface area contributed by atoms with Gasteiger partial charge < -0.3 is 15.0 Å². The summed E-state index contributed by atoms with van der Waals surface area (Å²) in [6.45, 7) is 6.40. The fourth-order valence-corrected chi connectivity index (χ4v) is 3.45. The van der Waals surface area contributed by atoms with E-state index in [4.69, 9.17) is 4.74 Å². The number of H-pyrrole nitrogens is 1. The van der Waals surface area contributed by atoms with Crippen molar-refractivity contribution >= 4 is 10.8 Å². The molecule has 0 atom stereocenters. The van der Waals surface area contributed by atoms with Gasteiger partial charge in [0.25, 0.3) is 5.56 Å². The number of hydrogen-bond donors (Lipinski definition) is 2. The van der Waals surface area contributed by atoms with Gasteiger partial charge in [-0.1, -0.05) is 13.8 Å². The minimum absolute atomic E-state index is 0.0441. The summed E-state index contributed by atoms with van der Waals surface area (Å²) in [5.41, 5.74) is 0.981. The number of ether oxygens (including phenoxy) is 1. The normalized spacial score (nSPS) is 21.7. The number of pyridine rings is 1. The highest BCUT2D eigenvalue weighted by Gasteiger charge is 2.23. The second-order valence-corrected chi connectivity index (χ2v) is 6.92. The van der Waals surface area contributed by atoms with E-state index >= 15 is 0 Å². The summed E-state index contributed by atoms with van der Waals surface area (Å²) in [6.07, 6.45) is 6.45. The predicted molar refractivity (Wildman–Crippen MR) is 94.2 cm³/mol. The van der Waals surface area contributed by atoms with Crippen LogP contribution in [-0.4, -0.2) is 23.2 Å². The zero-order valence-electron chi connectivity index (χ0n) is 14.2. The summed E-state index contributed by atoms with van der Waals surface area (Å²) < 4.78 is 6.25. The number of hydrogen-bond acceptors (Lipinski definition) is 3. The predicted octanol–water partition coefficient (Wildman–Crippen LogP) is 3.52. The molecule has 4 nitrogen and oxygen atoms in total.